The summed E-state index contributed by atoms with van der Waals surface area (Å²) in [4.78, 5) is 12.0. The van der Waals surface area contributed by atoms with Crippen LogP contribution in [0.4, 0.5) is 0 Å². The molecule has 1 aliphatic rings. The second-order valence-electron chi connectivity index (χ2n) is 5.09. The fourth-order valence-corrected chi connectivity index (χ4v) is 2.48. The molecule has 0 aromatic rings. The van der Waals surface area contributed by atoms with Gasteiger partial charge in [-0.3, -0.25) is 10.2 Å². The van der Waals surface area contributed by atoms with E-state index in [-0.39, 0.29) is 12.0 Å². The molecule has 1 rings (SSSR count). The molecule has 1 fully saturated rings. The van der Waals surface area contributed by atoms with Crippen molar-refractivity contribution in [2.75, 3.05) is 13.2 Å². The van der Waals surface area contributed by atoms with E-state index in [1.807, 2.05) is 6.92 Å². The highest BCUT2D eigenvalue weighted by Gasteiger charge is 2.26. The molecule has 3 atom stereocenters. The van der Waals surface area contributed by atoms with Crippen LogP contribution < -0.4 is 11.2 Å². The largest absolute Gasteiger partial charge is 0.377 e. The molecular formula is C13H27N3O2. The molecule has 3 unspecified atom stereocenters. The van der Waals surface area contributed by atoms with E-state index in [1.165, 1.54) is 6.42 Å². The van der Waals surface area contributed by atoms with Gasteiger partial charge in [0, 0.05) is 25.2 Å². The lowest BCUT2D eigenvalue weighted by Crippen LogP contribution is -2.54. The van der Waals surface area contributed by atoms with E-state index in [0.29, 0.717) is 31.7 Å². The topological polar surface area (TPSA) is 67.6 Å². The summed E-state index contributed by atoms with van der Waals surface area (Å²) in [5, 5.41) is 2.07. The van der Waals surface area contributed by atoms with E-state index in [1.54, 1.807) is 0 Å². The van der Waals surface area contributed by atoms with Crippen LogP contribution in [-0.2, 0) is 9.53 Å². The van der Waals surface area contributed by atoms with Crippen LogP contribution in [0.2, 0.25) is 0 Å². The lowest BCUT2D eigenvalue weighted by atomic mass is 10.00. The first-order chi connectivity index (χ1) is 8.58. The van der Waals surface area contributed by atoms with Gasteiger partial charge >= 0.3 is 0 Å². The zero-order chi connectivity index (χ0) is 13.5. The maximum absolute atomic E-state index is 12.0. The molecule has 1 aliphatic heterocycles. The van der Waals surface area contributed by atoms with Crippen molar-refractivity contribution in [3.05, 3.63) is 0 Å². The number of amides is 1. The quantitative estimate of drug-likeness (QED) is 0.746. The van der Waals surface area contributed by atoms with Crippen LogP contribution in [0, 0.1) is 0 Å². The minimum Gasteiger partial charge on any atom is -0.377 e. The number of carbonyl (C=O) groups is 1. The molecule has 0 aromatic heterocycles. The standard InChI is InChI=1S/C13H27N3O2/c1-4-18-12(9-14)8-13(17)15-16-10(2)6-5-7-11(16)3/h10-12H,4-9,14H2,1-3H3,(H,15,17). The van der Waals surface area contributed by atoms with Gasteiger partial charge in [0.15, 0.2) is 0 Å². The highest BCUT2D eigenvalue weighted by molar-refractivity contribution is 5.76. The minimum absolute atomic E-state index is 0.000463. The molecule has 1 heterocycles. The molecule has 0 spiro atoms. The average Bonchev–Trinajstić information content (AvgIpc) is 2.33. The van der Waals surface area contributed by atoms with Crippen molar-refractivity contribution in [3.8, 4) is 0 Å². The van der Waals surface area contributed by atoms with Crippen molar-refractivity contribution in [1.29, 1.82) is 0 Å². The van der Waals surface area contributed by atoms with Gasteiger partial charge in [-0.05, 0) is 33.6 Å². The number of nitrogens with zero attached hydrogens (tertiary/aromatic N) is 1. The second kappa shape index (κ2) is 7.71. The number of hydrazine groups is 1. The molecule has 0 bridgehead atoms. The van der Waals surface area contributed by atoms with Crippen LogP contribution in [0.25, 0.3) is 0 Å². The predicted octanol–water partition coefficient (Wildman–Crippen LogP) is 1.03. The summed E-state index contributed by atoms with van der Waals surface area (Å²) in [6.45, 7) is 7.19. The van der Waals surface area contributed by atoms with Crippen molar-refractivity contribution in [2.45, 2.75) is 64.6 Å². The van der Waals surface area contributed by atoms with Crippen LogP contribution in [0.3, 0.4) is 0 Å². The third-order valence-corrected chi connectivity index (χ3v) is 3.53. The van der Waals surface area contributed by atoms with Gasteiger partial charge in [0.25, 0.3) is 0 Å². The summed E-state index contributed by atoms with van der Waals surface area (Å²) in [5.74, 6) is -0.000463. The summed E-state index contributed by atoms with van der Waals surface area (Å²) in [7, 11) is 0. The summed E-state index contributed by atoms with van der Waals surface area (Å²) in [6.07, 6.45) is 3.66. The monoisotopic (exact) mass is 257 g/mol. The Labute approximate surface area is 110 Å². The first kappa shape index (κ1) is 15.4. The molecule has 1 saturated heterocycles. The molecule has 18 heavy (non-hydrogen) atoms. The number of nitrogens with one attached hydrogen (secondary N) is 1. The van der Waals surface area contributed by atoms with Crippen LogP contribution in [0.5, 0.6) is 0 Å². The smallest absolute Gasteiger partial charge is 0.236 e. The Morgan fingerprint density at radius 2 is 2.06 bits per heavy atom. The maximum atomic E-state index is 12.0. The average molecular weight is 257 g/mol. The summed E-state index contributed by atoms with van der Waals surface area (Å²) >= 11 is 0. The van der Waals surface area contributed by atoms with Crippen molar-refractivity contribution in [3.63, 3.8) is 0 Å². The van der Waals surface area contributed by atoms with Gasteiger partial charge in [0.1, 0.15) is 0 Å². The van der Waals surface area contributed by atoms with E-state index in [4.69, 9.17) is 10.5 Å². The van der Waals surface area contributed by atoms with Gasteiger partial charge in [-0.1, -0.05) is 6.42 Å². The Balaban J connectivity index is 2.42. The first-order valence-electron chi connectivity index (χ1n) is 6.98. The maximum Gasteiger partial charge on any atom is 0.236 e. The SMILES string of the molecule is CCOC(CN)CC(=O)NN1C(C)CCCC1C. The predicted molar refractivity (Wildman–Crippen MR) is 71.8 cm³/mol. The third-order valence-electron chi connectivity index (χ3n) is 3.53. The Bertz CT molecular complexity index is 251. The minimum atomic E-state index is -0.176. The normalized spacial score (nSPS) is 26.9. The van der Waals surface area contributed by atoms with Gasteiger partial charge < -0.3 is 10.5 Å². The van der Waals surface area contributed by atoms with Crippen molar-refractivity contribution in [1.82, 2.24) is 10.4 Å². The lowest BCUT2D eigenvalue weighted by Gasteiger charge is -2.38. The van der Waals surface area contributed by atoms with Gasteiger partial charge in [-0.15, -0.1) is 0 Å². The number of carbonyl (C=O) groups excluding carboxylic acids is 1. The number of rotatable bonds is 6. The van der Waals surface area contributed by atoms with Crippen LogP contribution in [-0.4, -0.2) is 42.3 Å². The second-order valence-corrected chi connectivity index (χ2v) is 5.09. The van der Waals surface area contributed by atoms with E-state index >= 15 is 0 Å². The summed E-state index contributed by atoms with van der Waals surface area (Å²) in [5.41, 5.74) is 8.58. The van der Waals surface area contributed by atoms with Gasteiger partial charge in [-0.2, -0.15) is 0 Å². The van der Waals surface area contributed by atoms with Crippen LogP contribution in [0.15, 0.2) is 0 Å². The fraction of sp³-hybridized carbons (Fsp3) is 0.923. The Hall–Kier alpha value is -0.650. The van der Waals surface area contributed by atoms with Crippen molar-refractivity contribution in [2.24, 2.45) is 5.73 Å². The van der Waals surface area contributed by atoms with Crippen LogP contribution in [0.1, 0.15) is 46.5 Å². The lowest BCUT2D eigenvalue weighted by molar-refractivity contribution is -0.132. The number of hydrogen-bond acceptors (Lipinski definition) is 4. The Morgan fingerprint density at radius 3 is 2.56 bits per heavy atom. The van der Waals surface area contributed by atoms with E-state index in [9.17, 15) is 4.79 Å². The molecule has 1 amide bonds. The first-order valence-corrected chi connectivity index (χ1v) is 6.98. The number of hydrogen-bond donors (Lipinski definition) is 2. The third kappa shape index (κ3) is 4.55. The summed E-state index contributed by atoms with van der Waals surface area (Å²) in [6, 6.07) is 0.808. The molecule has 5 nitrogen and oxygen atoms in total. The van der Waals surface area contributed by atoms with Crippen molar-refractivity contribution < 1.29 is 9.53 Å². The molecule has 5 heteroatoms. The molecule has 0 radical (unpaired) electrons. The van der Waals surface area contributed by atoms with Gasteiger partial charge in [0.2, 0.25) is 5.91 Å². The molecule has 3 N–H and O–H groups in total. The number of ether oxygens (including phenoxy) is 1. The highest BCUT2D eigenvalue weighted by atomic mass is 16.5. The zero-order valence-corrected chi connectivity index (χ0v) is 11.8. The molecule has 106 valence electrons. The van der Waals surface area contributed by atoms with Crippen molar-refractivity contribution >= 4 is 5.91 Å². The number of nitrogens with two attached hydrogens (primary N) is 1. The zero-order valence-electron chi connectivity index (χ0n) is 11.8. The van der Waals surface area contributed by atoms with Crippen LogP contribution >= 0.6 is 0 Å². The number of piperidine rings is 1. The summed E-state index contributed by atoms with van der Waals surface area (Å²) < 4.78 is 5.40. The van der Waals surface area contributed by atoms with E-state index < -0.39 is 0 Å². The highest BCUT2D eigenvalue weighted by Crippen LogP contribution is 2.20. The van der Waals surface area contributed by atoms with Gasteiger partial charge in [0.05, 0.1) is 12.5 Å². The molecule has 0 saturated carbocycles. The van der Waals surface area contributed by atoms with Gasteiger partial charge in [-0.25, -0.2) is 5.01 Å². The fourth-order valence-electron chi connectivity index (χ4n) is 2.48. The Kier molecular flexibility index (Phi) is 6.60. The molecular weight excluding hydrogens is 230 g/mol. The van der Waals surface area contributed by atoms with E-state index in [2.05, 4.69) is 24.3 Å². The molecule has 0 aliphatic carbocycles. The molecule has 0 aromatic carbocycles. The Morgan fingerprint density at radius 1 is 1.44 bits per heavy atom. The van der Waals surface area contributed by atoms with E-state index in [0.717, 1.165) is 12.8 Å².